The van der Waals surface area contributed by atoms with Crippen LogP contribution >= 0.6 is 11.6 Å². The molecule has 0 spiro atoms. The van der Waals surface area contributed by atoms with Gasteiger partial charge in [-0.1, -0.05) is 24.9 Å². The molecule has 0 amide bonds. The Morgan fingerprint density at radius 1 is 1.27 bits per heavy atom. The van der Waals surface area contributed by atoms with Gasteiger partial charge in [-0.2, -0.15) is 4.98 Å². The van der Waals surface area contributed by atoms with Crippen molar-refractivity contribution in [3.05, 3.63) is 35.5 Å². The molecule has 2 N–H and O–H groups in total. The summed E-state index contributed by atoms with van der Waals surface area (Å²) < 4.78 is 11.5. The van der Waals surface area contributed by atoms with E-state index in [9.17, 15) is 0 Å². The molecule has 1 unspecified atom stereocenters. The molecular weight excluding hydrogens is 402 g/mol. The Bertz CT molecular complexity index is 769. The lowest BCUT2D eigenvalue weighted by Crippen LogP contribution is -2.25. The van der Waals surface area contributed by atoms with E-state index >= 15 is 0 Å². The van der Waals surface area contributed by atoms with Crippen molar-refractivity contribution in [1.82, 2.24) is 14.9 Å². The smallest absolute Gasteiger partial charge is 0.229 e. The lowest BCUT2D eigenvalue weighted by molar-refractivity contribution is 0.120. The molecule has 0 radical (unpaired) electrons. The third-order valence-electron chi connectivity index (χ3n) is 5.01. The number of anilines is 3. The van der Waals surface area contributed by atoms with Gasteiger partial charge < -0.3 is 25.0 Å². The minimum atomic E-state index is 0.214. The van der Waals surface area contributed by atoms with Gasteiger partial charge in [-0.3, -0.25) is 0 Å². The van der Waals surface area contributed by atoms with Crippen molar-refractivity contribution >= 4 is 29.1 Å². The second kappa shape index (κ2) is 11.9. The molecule has 1 aromatic carbocycles. The number of nitrogens with zero attached hydrogens (tertiary/aromatic N) is 3. The highest BCUT2D eigenvalue weighted by Gasteiger charge is 2.16. The van der Waals surface area contributed by atoms with Gasteiger partial charge in [0.05, 0.1) is 12.3 Å². The molecule has 0 saturated carbocycles. The molecule has 164 valence electrons. The third kappa shape index (κ3) is 7.31. The Balaban J connectivity index is 1.48. The van der Waals surface area contributed by atoms with Crippen LogP contribution in [0, 0.1) is 0 Å². The molecule has 2 heterocycles. The lowest BCUT2D eigenvalue weighted by atomic mass is 10.2. The van der Waals surface area contributed by atoms with Crippen molar-refractivity contribution in [1.29, 1.82) is 0 Å². The van der Waals surface area contributed by atoms with Crippen molar-refractivity contribution < 1.29 is 9.47 Å². The average Bonchev–Trinajstić information content (AvgIpc) is 3.27. The zero-order chi connectivity index (χ0) is 21.2. The van der Waals surface area contributed by atoms with Crippen molar-refractivity contribution in [2.45, 2.75) is 38.7 Å². The summed E-state index contributed by atoms with van der Waals surface area (Å²) in [6, 6.07) is 7.79. The summed E-state index contributed by atoms with van der Waals surface area (Å²) in [6.07, 6.45) is 6.40. The van der Waals surface area contributed by atoms with Gasteiger partial charge >= 0.3 is 0 Å². The third-order valence-corrected chi connectivity index (χ3v) is 5.29. The summed E-state index contributed by atoms with van der Waals surface area (Å²) in [6.45, 7) is 6.42. The summed E-state index contributed by atoms with van der Waals surface area (Å²) in [5.74, 6) is 1.94. The SMILES string of the molecule is CCCCN(C)CCOc1ccc(Nc2ncc(Cl)c(NCC3CCCO3)n2)cc1. The van der Waals surface area contributed by atoms with E-state index in [1.807, 2.05) is 24.3 Å². The summed E-state index contributed by atoms with van der Waals surface area (Å²) in [5, 5.41) is 6.96. The molecule has 8 heteroatoms. The molecule has 1 atom stereocenters. The minimum Gasteiger partial charge on any atom is -0.492 e. The number of benzene rings is 1. The number of hydrogen-bond donors (Lipinski definition) is 2. The first-order chi connectivity index (χ1) is 14.6. The molecule has 1 saturated heterocycles. The molecular formula is C22H32ClN5O2. The fraction of sp³-hybridized carbons (Fsp3) is 0.545. The molecule has 30 heavy (non-hydrogen) atoms. The first-order valence-corrected chi connectivity index (χ1v) is 11.1. The fourth-order valence-corrected chi connectivity index (χ4v) is 3.35. The van der Waals surface area contributed by atoms with Crippen molar-refractivity contribution in [3.8, 4) is 5.75 Å². The predicted molar refractivity (Wildman–Crippen MR) is 122 cm³/mol. The van der Waals surface area contributed by atoms with E-state index in [-0.39, 0.29) is 6.10 Å². The average molecular weight is 434 g/mol. The van der Waals surface area contributed by atoms with Crippen LogP contribution in [0.5, 0.6) is 5.75 Å². The number of ether oxygens (including phenoxy) is 2. The number of nitrogens with one attached hydrogen (secondary N) is 2. The van der Waals surface area contributed by atoms with Crippen LogP contribution in [0.1, 0.15) is 32.6 Å². The molecule has 3 rings (SSSR count). The van der Waals surface area contributed by atoms with E-state index in [0.717, 1.165) is 44.0 Å². The van der Waals surface area contributed by atoms with E-state index in [2.05, 4.69) is 39.5 Å². The topological polar surface area (TPSA) is 71.5 Å². The Hall–Kier alpha value is -2.09. The monoisotopic (exact) mass is 433 g/mol. The van der Waals surface area contributed by atoms with E-state index in [1.165, 1.54) is 12.8 Å². The molecule has 7 nitrogen and oxygen atoms in total. The Kier molecular flexibility index (Phi) is 8.99. The highest BCUT2D eigenvalue weighted by molar-refractivity contribution is 6.32. The molecule has 2 aromatic rings. The Morgan fingerprint density at radius 3 is 2.83 bits per heavy atom. The van der Waals surface area contributed by atoms with Crippen molar-refractivity contribution in [3.63, 3.8) is 0 Å². The Labute approximate surface area is 184 Å². The van der Waals surface area contributed by atoms with Crippen LogP contribution in [-0.2, 0) is 4.74 Å². The van der Waals surface area contributed by atoms with E-state index in [0.29, 0.717) is 29.9 Å². The quantitative estimate of drug-likeness (QED) is 0.507. The number of rotatable bonds is 12. The fourth-order valence-electron chi connectivity index (χ4n) is 3.19. The number of likely N-dealkylation sites (N-methyl/N-ethyl adjacent to an activating group) is 1. The van der Waals surface area contributed by atoms with Gasteiger partial charge in [0, 0.05) is 25.4 Å². The summed E-state index contributed by atoms with van der Waals surface area (Å²) in [7, 11) is 2.13. The number of hydrogen-bond acceptors (Lipinski definition) is 7. The zero-order valence-corrected chi connectivity index (χ0v) is 18.6. The molecule has 1 aliphatic rings. The maximum absolute atomic E-state index is 6.23. The van der Waals surface area contributed by atoms with Crippen molar-refractivity contribution in [2.24, 2.45) is 0 Å². The molecule has 1 aliphatic heterocycles. The zero-order valence-electron chi connectivity index (χ0n) is 17.9. The maximum atomic E-state index is 6.23. The highest BCUT2D eigenvalue weighted by atomic mass is 35.5. The maximum Gasteiger partial charge on any atom is 0.229 e. The Morgan fingerprint density at radius 2 is 2.10 bits per heavy atom. The van der Waals surface area contributed by atoms with Gasteiger partial charge in [0.2, 0.25) is 5.95 Å². The predicted octanol–water partition coefficient (Wildman–Crippen LogP) is 4.58. The van der Waals surface area contributed by atoms with Gasteiger partial charge in [0.15, 0.2) is 5.82 Å². The van der Waals surface area contributed by atoms with Crippen LogP contribution < -0.4 is 15.4 Å². The first kappa shape index (κ1) is 22.6. The number of aromatic nitrogens is 2. The molecule has 0 bridgehead atoms. The van der Waals surface area contributed by atoms with Crippen LogP contribution in [0.25, 0.3) is 0 Å². The molecule has 1 fully saturated rings. The minimum absolute atomic E-state index is 0.214. The largest absolute Gasteiger partial charge is 0.492 e. The van der Waals surface area contributed by atoms with Crippen molar-refractivity contribution in [2.75, 3.05) is 50.5 Å². The van der Waals surface area contributed by atoms with Crippen LogP contribution in [0.2, 0.25) is 5.02 Å². The highest BCUT2D eigenvalue weighted by Crippen LogP contribution is 2.23. The first-order valence-electron chi connectivity index (χ1n) is 10.7. The number of unbranched alkanes of at least 4 members (excludes halogenated alkanes) is 1. The normalized spacial score (nSPS) is 16.1. The van der Waals surface area contributed by atoms with Gasteiger partial charge in [0.1, 0.15) is 17.4 Å². The summed E-state index contributed by atoms with van der Waals surface area (Å²) >= 11 is 6.23. The second-order valence-corrected chi connectivity index (χ2v) is 7.97. The summed E-state index contributed by atoms with van der Waals surface area (Å²) in [5.41, 5.74) is 0.884. The van der Waals surface area contributed by atoms with Crippen LogP contribution in [0.15, 0.2) is 30.5 Å². The standard InChI is InChI=1S/C22H32ClN5O2/c1-3-4-11-28(2)12-14-30-18-9-7-17(8-10-18)26-22-25-16-20(23)21(27-22)24-15-19-6-5-13-29-19/h7-10,16,19H,3-6,11-15H2,1-2H3,(H2,24,25,26,27). The van der Waals surface area contributed by atoms with Gasteiger partial charge in [0.25, 0.3) is 0 Å². The van der Waals surface area contributed by atoms with E-state index in [4.69, 9.17) is 21.1 Å². The summed E-state index contributed by atoms with van der Waals surface area (Å²) in [4.78, 5) is 11.0. The van der Waals surface area contributed by atoms with Crippen LogP contribution in [-0.4, -0.2) is 60.9 Å². The molecule has 0 aliphatic carbocycles. The number of halogens is 1. The van der Waals surface area contributed by atoms with Crippen LogP contribution in [0.4, 0.5) is 17.5 Å². The van der Waals surface area contributed by atoms with Gasteiger partial charge in [-0.15, -0.1) is 0 Å². The second-order valence-electron chi connectivity index (χ2n) is 7.56. The van der Waals surface area contributed by atoms with Gasteiger partial charge in [-0.25, -0.2) is 4.98 Å². The van der Waals surface area contributed by atoms with Gasteiger partial charge in [-0.05, 0) is 57.1 Å². The van der Waals surface area contributed by atoms with E-state index < -0.39 is 0 Å². The molecule has 1 aromatic heterocycles. The van der Waals surface area contributed by atoms with E-state index in [1.54, 1.807) is 6.20 Å². The lowest BCUT2D eigenvalue weighted by Gasteiger charge is -2.16. The van der Waals surface area contributed by atoms with Crippen LogP contribution in [0.3, 0.4) is 0 Å².